The molecule has 7 amide bonds. The van der Waals surface area contributed by atoms with E-state index in [0.29, 0.717) is 0 Å². The molecule has 0 aromatic rings. The Morgan fingerprint density at radius 1 is 0.632 bits per heavy atom. The third-order valence-corrected chi connectivity index (χ3v) is 8.45. The fourth-order valence-electron chi connectivity index (χ4n) is 4.84. The lowest BCUT2D eigenvalue weighted by Crippen LogP contribution is -2.60. The number of nitrogens with zero attached hydrogens (tertiary/aromatic N) is 1. The van der Waals surface area contributed by atoms with Crippen molar-refractivity contribution in [3.8, 4) is 0 Å². The Kier molecular flexibility index (Phi) is 24.8. The quantitative estimate of drug-likeness (QED) is 0.0189. The van der Waals surface area contributed by atoms with Crippen molar-refractivity contribution in [1.29, 1.82) is 0 Å². The number of aliphatic hydroxyl groups excluding tert-OH is 2. The van der Waals surface area contributed by atoms with E-state index in [1.807, 2.05) is 5.32 Å². The zero-order chi connectivity index (χ0) is 43.8. The van der Waals surface area contributed by atoms with Crippen molar-refractivity contribution in [2.45, 2.75) is 101 Å². The number of aliphatic hydroxyl groups is 2. The number of guanidine groups is 1. The van der Waals surface area contributed by atoms with Crippen molar-refractivity contribution in [3.05, 3.63) is 0 Å². The second-order valence-electron chi connectivity index (χ2n) is 13.1. The number of hydrogen-bond acceptors (Lipinski definition) is 14. The monoisotopic (exact) mass is 835 g/mol. The lowest BCUT2D eigenvalue weighted by molar-refractivity contribution is -0.144. The van der Waals surface area contributed by atoms with Crippen LogP contribution in [0.4, 0.5) is 0 Å². The summed E-state index contributed by atoms with van der Waals surface area (Å²) in [5.74, 6) is -10.0. The van der Waals surface area contributed by atoms with E-state index in [1.165, 1.54) is 11.8 Å². The molecule has 0 heterocycles. The number of carbonyl (C=O) groups excluding carboxylic acids is 7. The molecule has 0 spiro atoms. The standard InChI is InChI=1S/C32H57N11O13S/c1-15(2)11-20(29(53)39-18(6-7-24(47)48)27(51)43-22(14-45)31(55)56)41-28(52)19(8-10-57-3)40-30(54)21(12-23(34)46)42-26(50)17(5-4-9-37-32(35)36)38-25(49)16(33)13-44/h15-22,44-45H,4-14,33H2,1-3H3,(H2,34,46)(H,38,49)(H,39,53)(H,40,54)(H,41,52)(H,42,50)(H,43,51)(H,47,48)(H,55,56)(H4,35,36,37)/t16-,17-,18-,19-,20-,21-,22-/m0/s1. The lowest BCUT2D eigenvalue weighted by Gasteiger charge is -2.28. The molecule has 0 bridgehead atoms. The van der Waals surface area contributed by atoms with Crippen LogP contribution in [-0.4, -0.2) is 154 Å². The highest BCUT2D eigenvalue weighted by molar-refractivity contribution is 7.98. The van der Waals surface area contributed by atoms with Gasteiger partial charge in [0.1, 0.15) is 42.3 Å². The van der Waals surface area contributed by atoms with Crippen LogP contribution in [0.15, 0.2) is 4.99 Å². The Morgan fingerprint density at radius 3 is 1.54 bits per heavy atom. The van der Waals surface area contributed by atoms with Crippen molar-refractivity contribution in [3.63, 3.8) is 0 Å². The first-order valence-corrected chi connectivity index (χ1v) is 19.1. The number of thioether (sulfide) groups is 1. The summed E-state index contributed by atoms with van der Waals surface area (Å²) in [5.41, 5.74) is 21.6. The van der Waals surface area contributed by atoms with Gasteiger partial charge < -0.3 is 75.3 Å². The van der Waals surface area contributed by atoms with Gasteiger partial charge in [0.2, 0.25) is 41.4 Å². The summed E-state index contributed by atoms with van der Waals surface area (Å²) < 4.78 is 0. The minimum atomic E-state index is -1.76. The van der Waals surface area contributed by atoms with E-state index in [-0.39, 0.29) is 49.9 Å². The molecule has 0 rings (SSSR count). The van der Waals surface area contributed by atoms with Crippen molar-refractivity contribution in [2.75, 3.05) is 31.8 Å². The van der Waals surface area contributed by atoms with Gasteiger partial charge in [-0.3, -0.25) is 43.3 Å². The molecule has 0 saturated carbocycles. The minimum absolute atomic E-state index is 0.0288. The zero-order valence-corrected chi connectivity index (χ0v) is 32.8. The topological polar surface area (TPSA) is 423 Å². The normalized spacial score (nSPS) is 14.6. The van der Waals surface area contributed by atoms with Crippen molar-refractivity contribution < 1.29 is 63.6 Å². The van der Waals surface area contributed by atoms with Crippen LogP contribution in [0, 0.1) is 5.92 Å². The van der Waals surface area contributed by atoms with Gasteiger partial charge in [-0.05, 0) is 50.0 Å². The second kappa shape index (κ2) is 27.3. The Morgan fingerprint density at radius 2 is 1.09 bits per heavy atom. The van der Waals surface area contributed by atoms with Crippen LogP contribution in [0.5, 0.6) is 0 Å². The molecule has 0 aliphatic heterocycles. The number of hydrogen-bond donors (Lipinski definition) is 14. The number of carboxylic acids is 2. The maximum Gasteiger partial charge on any atom is 0.328 e. The number of carbonyl (C=O) groups is 9. The summed E-state index contributed by atoms with van der Waals surface area (Å²) in [4.78, 5) is 118. The fraction of sp³-hybridized carbons (Fsp3) is 0.688. The molecule has 7 atom stereocenters. The predicted molar refractivity (Wildman–Crippen MR) is 204 cm³/mol. The Balaban J connectivity index is 6.37. The molecule has 0 aliphatic rings. The number of carboxylic acid groups (broad SMARTS) is 2. The average molecular weight is 836 g/mol. The van der Waals surface area contributed by atoms with Crippen LogP contribution >= 0.6 is 11.8 Å². The average Bonchev–Trinajstić information content (AvgIpc) is 3.12. The molecule has 57 heavy (non-hydrogen) atoms. The van der Waals surface area contributed by atoms with Gasteiger partial charge in [-0.1, -0.05) is 13.8 Å². The summed E-state index contributed by atoms with van der Waals surface area (Å²) in [5, 5.41) is 50.9. The first-order valence-electron chi connectivity index (χ1n) is 17.7. The molecule has 324 valence electrons. The maximum absolute atomic E-state index is 13.7. The number of nitrogens with one attached hydrogen (secondary N) is 6. The SMILES string of the molecule is CSCC[C@H](NC(=O)[C@H](CC(N)=O)NC(=O)[C@H](CCCN=C(N)N)NC(=O)[C@@H](N)CO)C(=O)N[C@@H](CC(C)C)C(=O)N[C@@H](CCC(=O)O)C(=O)N[C@@H](CO)C(=O)O. The maximum atomic E-state index is 13.7. The minimum Gasteiger partial charge on any atom is -0.481 e. The number of primary amides is 1. The fourth-order valence-corrected chi connectivity index (χ4v) is 5.31. The number of aliphatic imine (C=N–C) groups is 1. The van der Waals surface area contributed by atoms with Gasteiger partial charge >= 0.3 is 11.9 Å². The van der Waals surface area contributed by atoms with Crippen LogP contribution in [0.2, 0.25) is 0 Å². The summed E-state index contributed by atoms with van der Waals surface area (Å²) in [6.07, 6.45) is -0.151. The molecular formula is C32H57N11O13S. The third kappa shape index (κ3) is 21.6. The summed E-state index contributed by atoms with van der Waals surface area (Å²) >= 11 is 1.29. The van der Waals surface area contributed by atoms with Gasteiger partial charge in [-0.15, -0.1) is 0 Å². The van der Waals surface area contributed by atoms with Crippen molar-refractivity contribution >= 4 is 71.0 Å². The van der Waals surface area contributed by atoms with Crippen LogP contribution < -0.4 is 54.8 Å². The molecule has 0 fully saturated rings. The summed E-state index contributed by atoms with van der Waals surface area (Å²) in [7, 11) is 0. The van der Waals surface area contributed by atoms with E-state index in [0.717, 1.165) is 0 Å². The molecule has 24 nitrogen and oxygen atoms in total. The van der Waals surface area contributed by atoms with E-state index in [4.69, 9.17) is 22.9 Å². The first-order chi connectivity index (χ1) is 26.7. The highest BCUT2D eigenvalue weighted by Gasteiger charge is 2.34. The van der Waals surface area contributed by atoms with Crippen LogP contribution in [0.1, 0.15) is 58.8 Å². The van der Waals surface area contributed by atoms with Crippen molar-refractivity contribution in [1.82, 2.24) is 31.9 Å². The van der Waals surface area contributed by atoms with E-state index in [9.17, 15) is 63.6 Å². The molecule has 0 aromatic carbocycles. The molecule has 0 aliphatic carbocycles. The zero-order valence-electron chi connectivity index (χ0n) is 32.0. The van der Waals surface area contributed by atoms with Gasteiger partial charge in [0.05, 0.1) is 19.6 Å². The highest BCUT2D eigenvalue weighted by atomic mass is 32.2. The first kappa shape index (κ1) is 51.7. The molecule has 25 heteroatoms. The van der Waals surface area contributed by atoms with Crippen LogP contribution in [0.3, 0.4) is 0 Å². The van der Waals surface area contributed by atoms with E-state index < -0.39 is 128 Å². The van der Waals surface area contributed by atoms with Gasteiger partial charge in [0, 0.05) is 13.0 Å². The molecular weight excluding hydrogens is 778 g/mol. The van der Waals surface area contributed by atoms with E-state index in [2.05, 4.69) is 31.6 Å². The van der Waals surface area contributed by atoms with Gasteiger partial charge in [-0.2, -0.15) is 11.8 Å². The van der Waals surface area contributed by atoms with Gasteiger partial charge in [0.15, 0.2) is 5.96 Å². The summed E-state index contributed by atoms with van der Waals surface area (Å²) in [6.45, 7) is 1.71. The largest absolute Gasteiger partial charge is 0.481 e. The van der Waals surface area contributed by atoms with Crippen LogP contribution in [-0.2, 0) is 43.2 Å². The molecule has 18 N–H and O–H groups in total. The molecule has 0 radical (unpaired) electrons. The smallest absolute Gasteiger partial charge is 0.328 e. The Bertz CT molecular complexity index is 1430. The van der Waals surface area contributed by atoms with Gasteiger partial charge in [0.25, 0.3) is 0 Å². The van der Waals surface area contributed by atoms with E-state index >= 15 is 0 Å². The number of nitrogens with two attached hydrogens (primary N) is 4. The van der Waals surface area contributed by atoms with E-state index in [1.54, 1.807) is 20.1 Å². The molecule has 0 aromatic heterocycles. The number of rotatable bonds is 29. The predicted octanol–water partition coefficient (Wildman–Crippen LogP) is -6.12. The van der Waals surface area contributed by atoms with Crippen LogP contribution in [0.25, 0.3) is 0 Å². The number of amides is 7. The molecule has 0 unspecified atom stereocenters. The summed E-state index contributed by atoms with van der Waals surface area (Å²) in [6, 6.07) is -10.6. The highest BCUT2D eigenvalue weighted by Crippen LogP contribution is 2.10. The Labute approximate surface area is 332 Å². The third-order valence-electron chi connectivity index (χ3n) is 7.81. The molecule has 0 saturated heterocycles. The van der Waals surface area contributed by atoms with Gasteiger partial charge in [-0.25, -0.2) is 4.79 Å². The lowest BCUT2D eigenvalue weighted by atomic mass is 10.0. The van der Waals surface area contributed by atoms with Crippen molar-refractivity contribution in [2.24, 2.45) is 33.8 Å². The second-order valence-corrected chi connectivity index (χ2v) is 14.1. The number of aliphatic carboxylic acids is 2. The Hall–Kier alpha value is -5.27.